The van der Waals surface area contributed by atoms with Crippen LogP contribution in [-0.2, 0) is 9.53 Å². The van der Waals surface area contributed by atoms with Crippen LogP contribution in [0.4, 0.5) is 4.79 Å². The second-order valence-electron chi connectivity index (χ2n) is 5.13. The lowest BCUT2D eigenvalue weighted by Crippen LogP contribution is -2.38. The number of hydrogen-bond donors (Lipinski definition) is 3. The number of rotatable bonds is 3. The van der Waals surface area contributed by atoms with Crippen molar-refractivity contribution in [1.29, 1.82) is 0 Å². The number of phenolic OH excluding ortho intramolecular Hbond substituents is 1. The molecule has 6 nitrogen and oxygen atoms in total. The summed E-state index contributed by atoms with van der Waals surface area (Å²) in [7, 11) is 0. The number of aromatic hydroxyl groups is 1. The predicted molar refractivity (Wildman–Crippen MR) is 72.9 cm³/mol. The molecule has 110 valence electrons. The first-order valence-corrected chi connectivity index (χ1v) is 6.18. The van der Waals surface area contributed by atoms with E-state index in [-0.39, 0.29) is 16.3 Å². The van der Waals surface area contributed by atoms with Gasteiger partial charge >= 0.3 is 12.1 Å². The van der Waals surface area contributed by atoms with Crippen LogP contribution in [0.15, 0.2) is 18.2 Å². The molecule has 0 aliphatic heterocycles. The number of halogens is 1. The Labute approximate surface area is 121 Å². The smallest absolute Gasteiger partial charge is 0.408 e. The van der Waals surface area contributed by atoms with Gasteiger partial charge in [0.15, 0.2) is 6.04 Å². The molecule has 3 N–H and O–H groups in total. The number of aliphatic carboxylic acids is 1. The SMILES string of the molecule is CC(C)(C)OC(=O)N[C@H](C(=O)O)c1ccc(O)c(Cl)c1. The number of ether oxygens (including phenoxy) is 1. The van der Waals surface area contributed by atoms with E-state index in [9.17, 15) is 14.7 Å². The molecule has 0 heterocycles. The maximum absolute atomic E-state index is 11.6. The van der Waals surface area contributed by atoms with Gasteiger partial charge in [0.05, 0.1) is 5.02 Å². The van der Waals surface area contributed by atoms with Crippen molar-refractivity contribution in [3.8, 4) is 5.75 Å². The quantitative estimate of drug-likeness (QED) is 0.797. The summed E-state index contributed by atoms with van der Waals surface area (Å²) >= 11 is 5.72. The molecular formula is C13H16ClNO5. The Hall–Kier alpha value is -1.95. The van der Waals surface area contributed by atoms with Crippen LogP contribution >= 0.6 is 11.6 Å². The van der Waals surface area contributed by atoms with Gasteiger partial charge in [0.1, 0.15) is 11.4 Å². The fourth-order valence-electron chi connectivity index (χ4n) is 1.42. The van der Waals surface area contributed by atoms with Crippen LogP contribution in [0.25, 0.3) is 0 Å². The van der Waals surface area contributed by atoms with Crippen molar-refractivity contribution in [3.05, 3.63) is 28.8 Å². The molecule has 0 saturated carbocycles. The van der Waals surface area contributed by atoms with Crippen LogP contribution in [-0.4, -0.2) is 27.9 Å². The highest BCUT2D eigenvalue weighted by Crippen LogP contribution is 2.27. The van der Waals surface area contributed by atoms with Crippen molar-refractivity contribution in [2.45, 2.75) is 32.4 Å². The lowest BCUT2D eigenvalue weighted by molar-refractivity contribution is -0.139. The normalized spacial score (nSPS) is 12.6. The predicted octanol–water partition coefficient (Wildman–Crippen LogP) is 2.70. The monoisotopic (exact) mass is 301 g/mol. The number of hydrogen-bond acceptors (Lipinski definition) is 4. The van der Waals surface area contributed by atoms with Gasteiger partial charge in [-0.05, 0) is 38.5 Å². The van der Waals surface area contributed by atoms with Gasteiger partial charge in [-0.25, -0.2) is 9.59 Å². The highest BCUT2D eigenvalue weighted by atomic mass is 35.5. The number of carbonyl (C=O) groups excluding carboxylic acids is 1. The molecular weight excluding hydrogens is 286 g/mol. The fourth-order valence-corrected chi connectivity index (χ4v) is 1.60. The van der Waals surface area contributed by atoms with Crippen molar-refractivity contribution in [3.63, 3.8) is 0 Å². The van der Waals surface area contributed by atoms with Gasteiger partial charge in [-0.3, -0.25) is 0 Å². The molecule has 0 bridgehead atoms. The first kappa shape index (κ1) is 16.1. The zero-order chi connectivity index (χ0) is 15.5. The van der Waals surface area contributed by atoms with Gasteiger partial charge in [0.25, 0.3) is 0 Å². The lowest BCUT2D eigenvalue weighted by Gasteiger charge is -2.22. The number of carboxylic acid groups (broad SMARTS) is 1. The summed E-state index contributed by atoms with van der Waals surface area (Å²) < 4.78 is 5.00. The largest absolute Gasteiger partial charge is 0.506 e. The Balaban J connectivity index is 2.92. The van der Waals surface area contributed by atoms with Gasteiger partial charge in [-0.2, -0.15) is 0 Å². The number of benzene rings is 1. The number of amides is 1. The fraction of sp³-hybridized carbons (Fsp3) is 0.385. The van der Waals surface area contributed by atoms with Crippen molar-refractivity contribution >= 4 is 23.7 Å². The molecule has 7 heteroatoms. The molecule has 1 rings (SSSR count). The third-order valence-corrected chi connectivity index (χ3v) is 2.52. The maximum Gasteiger partial charge on any atom is 0.408 e. The molecule has 0 aliphatic carbocycles. The minimum absolute atomic E-state index is 0.000242. The number of phenols is 1. The first-order valence-electron chi connectivity index (χ1n) is 5.81. The third kappa shape index (κ3) is 4.62. The number of nitrogens with one attached hydrogen (secondary N) is 1. The summed E-state index contributed by atoms with van der Waals surface area (Å²) in [5.74, 6) is -1.44. The Bertz CT molecular complexity index is 524. The zero-order valence-electron chi connectivity index (χ0n) is 11.3. The molecule has 0 spiro atoms. The third-order valence-electron chi connectivity index (χ3n) is 2.21. The molecule has 0 fully saturated rings. The van der Waals surface area contributed by atoms with E-state index in [1.165, 1.54) is 18.2 Å². The van der Waals surface area contributed by atoms with Crippen LogP contribution in [0.2, 0.25) is 5.02 Å². The molecule has 1 aromatic carbocycles. The number of alkyl carbamates (subject to hydrolysis) is 1. The van der Waals surface area contributed by atoms with Crippen molar-refractivity contribution in [1.82, 2.24) is 5.32 Å². The molecule has 0 saturated heterocycles. The van der Waals surface area contributed by atoms with Crippen LogP contribution in [0.5, 0.6) is 5.75 Å². The van der Waals surface area contributed by atoms with Crippen molar-refractivity contribution in [2.24, 2.45) is 0 Å². The summed E-state index contributed by atoms with van der Waals surface area (Å²) in [5.41, 5.74) is -0.508. The van der Waals surface area contributed by atoms with Crippen LogP contribution in [0.3, 0.4) is 0 Å². The summed E-state index contributed by atoms with van der Waals surface area (Å²) in [6, 6.07) is 2.57. The lowest BCUT2D eigenvalue weighted by atomic mass is 10.1. The average molecular weight is 302 g/mol. The molecule has 0 aliphatic rings. The van der Waals surface area contributed by atoms with Crippen molar-refractivity contribution in [2.75, 3.05) is 0 Å². The van der Waals surface area contributed by atoms with Crippen LogP contribution < -0.4 is 5.32 Å². The van der Waals surface area contributed by atoms with Gasteiger partial charge in [-0.15, -0.1) is 0 Å². The molecule has 0 radical (unpaired) electrons. The van der Waals surface area contributed by atoms with E-state index >= 15 is 0 Å². The van der Waals surface area contributed by atoms with E-state index in [1.54, 1.807) is 20.8 Å². The van der Waals surface area contributed by atoms with Crippen LogP contribution in [0.1, 0.15) is 32.4 Å². The molecule has 0 aromatic heterocycles. The minimum Gasteiger partial charge on any atom is -0.506 e. The van der Waals surface area contributed by atoms with Gasteiger partial charge in [0, 0.05) is 0 Å². The van der Waals surface area contributed by atoms with E-state index in [0.29, 0.717) is 0 Å². The molecule has 1 atom stereocenters. The van der Waals surface area contributed by atoms with E-state index in [2.05, 4.69) is 5.32 Å². The number of carbonyl (C=O) groups is 2. The van der Waals surface area contributed by atoms with Gasteiger partial charge in [0.2, 0.25) is 0 Å². The number of carboxylic acids is 1. The summed E-state index contributed by atoms with van der Waals surface area (Å²) in [6.45, 7) is 5.00. The molecule has 1 aromatic rings. The summed E-state index contributed by atoms with van der Waals surface area (Å²) in [5, 5.41) is 20.7. The van der Waals surface area contributed by atoms with E-state index < -0.39 is 23.7 Å². The summed E-state index contributed by atoms with van der Waals surface area (Å²) in [4.78, 5) is 22.8. The van der Waals surface area contributed by atoms with Crippen LogP contribution in [0, 0.1) is 0 Å². The zero-order valence-corrected chi connectivity index (χ0v) is 12.1. The minimum atomic E-state index is -1.32. The second-order valence-corrected chi connectivity index (χ2v) is 5.54. The van der Waals surface area contributed by atoms with Crippen molar-refractivity contribution < 1.29 is 24.5 Å². The van der Waals surface area contributed by atoms with Gasteiger partial charge in [-0.1, -0.05) is 17.7 Å². The standard InChI is InChI=1S/C13H16ClNO5/c1-13(2,3)20-12(19)15-10(11(17)18)7-4-5-9(16)8(14)6-7/h4-6,10,16H,1-3H3,(H,15,19)(H,17,18)/t10-/m0/s1. The summed E-state index contributed by atoms with van der Waals surface area (Å²) in [6.07, 6.45) is -0.853. The molecule has 1 amide bonds. The van der Waals surface area contributed by atoms with Gasteiger partial charge < -0.3 is 20.3 Å². The van der Waals surface area contributed by atoms with E-state index in [1.807, 2.05) is 0 Å². The highest BCUT2D eigenvalue weighted by Gasteiger charge is 2.25. The first-order chi connectivity index (χ1) is 9.10. The topological polar surface area (TPSA) is 95.9 Å². The maximum atomic E-state index is 11.6. The molecule has 20 heavy (non-hydrogen) atoms. The Kier molecular flexibility index (Phi) is 4.83. The highest BCUT2D eigenvalue weighted by molar-refractivity contribution is 6.32. The Morgan fingerprint density at radius 1 is 1.35 bits per heavy atom. The Morgan fingerprint density at radius 2 is 1.95 bits per heavy atom. The second kappa shape index (κ2) is 6.00. The van der Waals surface area contributed by atoms with E-state index in [0.717, 1.165) is 0 Å². The molecule has 0 unspecified atom stereocenters. The average Bonchev–Trinajstić information content (AvgIpc) is 2.27. The Morgan fingerprint density at radius 3 is 2.40 bits per heavy atom. The van der Waals surface area contributed by atoms with E-state index in [4.69, 9.17) is 21.4 Å².